The third-order valence-electron chi connectivity index (χ3n) is 3.81. The first-order valence-electron chi connectivity index (χ1n) is 7.62. The first-order valence-corrected chi connectivity index (χ1v) is 7.62. The number of ether oxygens (including phenoxy) is 1. The van der Waals surface area contributed by atoms with E-state index in [2.05, 4.69) is 5.32 Å². The second-order valence-corrected chi connectivity index (χ2v) is 5.52. The first-order chi connectivity index (χ1) is 10.2. The van der Waals surface area contributed by atoms with Crippen LogP contribution in [0.15, 0.2) is 12.1 Å². The molecule has 0 aliphatic heterocycles. The maximum Gasteiger partial charge on any atom is 0.161 e. The number of benzene rings is 1. The average Bonchev–Trinajstić information content (AvgIpc) is 2.49. The van der Waals surface area contributed by atoms with Crippen molar-refractivity contribution < 1.29 is 17.9 Å². The van der Waals surface area contributed by atoms with Crippen LogP contribution in [-0.4, -0.2) is 19.3 Å². The molecule has 0 unspecified atom stereocenters. The number of hydrogen-bond acceptors (Lipinski definition) is 2. The van der Waals surface area contributed by atoms with Gasteiger partial charge in [-0.05, 0) is 31.9 Å². The molecular weight excluding hydrogens is 279 g/mol. The summed E-state index contributed by atoms with van der Waals surface area (Å²) in [5.41, 5.74) is 0.141. The van der Waals surface area contributed by atoms with Crippen molar-refractivity contribution >= 4 is 0 Å². The molecule has 0 saturated heterocycles. The van der Waals surface area contributed by atoms with Crippen molar-refractivity contribution in [2.45, 2.75) is 51.2 Å². The van der Waals surface area contributed by atoms with Gasteiger partial charge in [0.15, 0.2) is 11.6 Å². The molecule has 0 atom stereocenters. The summed E-state index contributed by atoms with van der Waals surface area (Å²) < 4.78 is 44.9. The minimum absolute atomic E-state index is 0.141. The summed E-state index contributed by atoms with van der Waals surface area (Å²) in [5, 5.41) is 3.02. The monoisotopic (exact) mass is 301 g/mol. The van der Waals surface area contributed by atoms with Crippen LogP contribution in [0.3, 0.4) is 0 Å². The molecule has 1 N–H and O–H groups in total. The Hall–Kier alpha value is -1.07. The molecule has 1 aromatic rings. The van der Waals surface area contributed by atoms with Crippen molar-refractivity contribution in [2.24, 2.45) is 0 Å². The third kappa shape index (κ3) is 5.32. The van der Waals surface area contributed by atoms with Crippen molar-refractivity contribution in [1.29, 1.82) is 0 Å². The van der Waals surface area contributed by atoms with Gasteiger partial charge in [0.05, 0.1) is 6.10 Å². The smallest absolute Gasteiger partial charge is 0.161 e. The number of rotatable bonds is 7. The van der Waals surface area contributed by atoms with Crippen molar-refractivity contribution in [3.8, 4) is 0 Å². The van der Waals surface area contributed by atoms with Crippen LogP contribution in [0, 0.1) is 17.5 Å². The van der Waals surface area contributed by atoms with Gasteiger partial charge in [-0.2, -0.15) is 0 Å². The lowest BCUT2D eigenvalue weighted by Gasteiger charge is -2.21. The van der Waals surface area contributed by atoms with E-state index in [1.807, 2.05) is 0 Å². The highest BCUT2D eigenvalue weighted by Crippen LogP contribution is 2.20. The summed E-state index contributed by atoms with van der Waals surface area (Å²) in [6, 6.07) is 1.48. The second kappa shape index (κ2) is 8.39. The first kappa shape index (κ1) is 16.3. The highest BCUT2D eigenvalue weighted by molar-refractivity contribution is 5.19. The van der Waals surface area contributed by atoms with Crippen LogP contribution in [0.25, 0.3) is 0 Å². The number of hydrogen-bond donors (Lipinski definition) is 1. The summed E-state index contributed by atoms with van der Waals surface area (Å²) >= 11 is 0. The molecule has 1 aromatic carbocycles. The quantitative estimate of drug-likeness (QED) is 0.608. The van der Waals surface area contributed by atoms with E-state index >= 15 is 0 Å². The number of nitrogens with one attached hydrogen (secondary N) is 1. The Bertz CT molecular complexity index is 447. The zero-order valence-electron chi connectivity index (χ0n) is 12.1. The van der Waals surface area contributed by atoms with Crippen molar-refractivity contribution in [3.05, 3.63) is 35.1 Å². The zero-order valence-corrected chi connectivity index (χ0v) is 12.1. The van der Waals surface area contributed by atoms with Crippen LogP contribution in [0.1, 0.15) is 44.1 Å². The fraction of sp³-hybridized carbons (Fsp3) is 0.625. The van der Waals surface area contributed by atoms with E-state index in [9.17, 15) is 13.2 Å². The van der Waals surface area contributed by atoms with Gasteiger partial charge in [0.1, 0.15) is 5.82 Å². The van der Waals surface area contributed by atoms with Crippen LogP contribution < -0.4 is 5.32 Å². The van der Waals surface area contributed by atoms with E-state index in [4.69, 9.17) is 4.74 Å². The Morgan fingerprint density at radius 3 is 2.48 bits per heavy atom. The molecule has 1 aliphatic rings. The van der Waals surface area contributed by atoms with Crippen molar-refractivity contribution in [1.82, 2.24) is 5.32 Å². The van der Waals surface area contributed by atoms with Gasteiger partial charge < -0.3 is 10.1 Å². The Morgan fingerprint density at radius 2 is 1.71 bits per heavy atom. The van der Waals surface area contributed by atoms with Crippen LogP contribution in [0.4, 0.5) is 13.2 Å². The molecule has 0 heterocycles. The van der Waals surface area contributed by atoms with Crippen LogP contribution in [-0.2, 0) is 11.3 Å². The minimum Gasteiger partial charge on any atom is -0.378 e. The molecule has 0 bridgehead atoms. The molecule has 21 heavy (non-hydrogen) atoms. The van der Waals surface area contributed by atoms with Gasteiger partial charge in [-0.25, -0.2) is 13.2 Å². The standard InChI is InChI=1S/C16H22F3NO/c17-14-10-16(19)15(18)9-12(14)11-20-7-4-8-21-13-5-2-1-3-6-13/h9-10,13,20H,1-8,11H2. The largest absolute Gasteiger partial charge is 0.378 e. The van der Waals surface area contributed by atoms with Crippen LogP contribution in [0.2, 0.25) is 0 Å². The Kier molecular flexibility index (Phi) is 6.51. The zero-order chi connectivity index (χ0) is 15.1. The summed E-state index contributed by atoms with van der Waals surface area (Å²) in [4.78, 5) is 0. The van der Waals surface area contributed by atoms with Gasteiger partial charge in [0.25, 0.3) is 0 Å². The lowest BCUT2D eigenvalue weighted by molar-refractivity contribution is 0.0273. The van der Waals surface area contributed by atoms with E-state index in [1.54, 1.807) is 0 Å². The topological polar surface area (TPSA) is 21.3 Å². The maximum absolute atomic E-state index is 13.4. The van der Waals surface area contributed by atoms with E-state index < -0.39 is 17.5 Å². The highest BCUT2D eigenvalue weighted by atomic mass is 19.2. The molecule has 0 aromatic heterocycles. The molecule has 1 fully saturated rings. The van der Waals surface area contributed by atoms with E-state index in [1.165, 1.54) is 19.3 Å². The Labute approximate surface area is 123 Å². The summed E-state index contributed by atoms with van der Waals surface area (Å²) in [5.74, 6) is -2.90. The lowest BCUT2D eigenvalue weighted by Crippen LogP contribution is -2.21. The summed E-state index contributed by atoms with van der Waals surface area (Å²) in [6.07, 6.45) is 7.31. The van der Waals surface area contributed by atoms with Gasteiger partial charge in [-0.1, -0.05) is 19.3 Å². The fourth-order valence-corrected chi connectivity index (χ4v) is 2.60. The molecule has 2 nitrogen and oxygen atoms in total. The molecule has 0 radical (unpaired) electrons. The lowest BCUT2D eigenvalue weighted by atomic mass is 9.98. The van der Waals surface area contributed by atoms with E-state index in [0.717, 1.165) is 25.3 Å². The average molecular weight is 301 g/mol. The summed E-state index contributed by atoms with van der Waals surface area (Å²) in [7, 11) is 0. The van der Waals surface area contributed by atoms with Crippen molar-refractivity contribution in [2.75, 3.05) is 13.2 Å². The van der Waals surface area contributed by atoms with Crippen LogP contribution in [0.5, 0.6) is 0 Å². The van der Waals surface area contributed by atoms with Gasteiger partial charge in [0, 0.05) is 24.8 Å². The van der Waals surface area contributed by atoms with Gasteiger partial charge in [-0.3, -0.25) is 0 Å². The molecular formula is C16H22F3NO. The van der Waals surface area contributed by atoms with E-state index in [0.29, 0.717) is 25.3 Å². The predicted molar refractivity (Wildman–Crippen MR) is 75.5 cm³/mol. The maximum atomic E-state index is 13.4. The Balaban J connectivity index is 1.60. The molecule has 1 aliphatic carbocycles. The molecule has 0 spiro atoms. The second-order valence-electron chi connectivity index (χ2n) is 5.52. The molecule has 0 amide bonds. The molecule has 1 saturated carbocycles. The minimum atomic E-state index is -1.16. The third-order valence-corrected chi connectivity index (χ3v) is 3.81. The molecule has 5 heteroatoms. The van der Waals surface area contributed by atoms with E-state index in [-0.39, 0.29) is 12.1 Å². The van der Waals surface area contributed by atoms with Gasteiger partial charge in [0.2, 0.25) is 0 Å². The molecule has 2 rings (SSSR count). The summed E-state index contributed by atoms with van der Waals surface area (Å²) in [6.45, 7) is 1.52. The highest BCUT2D eigenvalue weighted by Gasteiger charge is 2.13. The molecule has 118 valence electrons. The van der Waals surface area contributed by atoms with Gasteiger partial charge in [-0.15, -0.1) is 0 Å². The number of halogens is 3. The SMILES string of the molecule is Fc1cc(F)c(CNCCCOC2CCCCC2)cc1F. The fourth-order valence-electron chi connectivity index (χ4n) is 2.60. The van der Waals surface area contributed by atoms with Crippen molar-refractivity contribution in [3.63, 3.8) is 0 Å². The van der Waals surface area contributed by atoms with Gasteiger partial charge >= 0.3 is 0 Å². The Morgan fingerprint density at radius 1 is 1.00 bits per heavy atom. The normalized spacial score (nSPS) is 16.3. The predicted octanol–water partition coefficient (Wildman–Crippen LogP) is 3.93. The van der Waals surface area contributed by atoms with Crippen LogP contribution >= 0.6 is 0 Å².